The molecule has 2 aromatic heterocycles. The molecular weight excluding hydrogens is 254 g/mol. The molecule has 6 heteroatoms. The molecule has 0 fully saturated rings. The van der Waals surface area contributed by atoms with Gasteiger partial charge < -0.3 is 10.1 Å². The molecule has 1 N–H and O–H groups in total. The molecule has 2 aromatic rings. The summed E-state index contributed by atoms with van der Waals surface area (Å²) < 4.78 is 5.18. The molecule has 6 nitrogen and oxygen atoms in total. The quantitative estimate of drug-likeness (QED) is 0.913. The first-order valence-electron chi connectivity index (χ1n) is 6.13. The molecule has 2 heterocycles. The van der Waals surface area contributed by atoms with Crippen LogP contribution < -0.4 is 10.1 Å². The Labute approximate surface area is 117 Å². The summed E-state index contributed by atoms with van der Waals surface area (Å²) >= 11 is 0. The van der Waals surface area contributed by atoms with Crippen LogP contribution in [-0.2, 0) is 6.54 Å². The minimum absolute atomic E-state index is 0.461. The second-order valence-electron chi connectivity index (χ2n) is 4.27. The molecule has 0 bridgehead atoms. The van der Waals surface area contributed by atoms with Crippen molar-refractivity contribution in [2.75, 3.05) is 12.4 Å². The summed E-state index contributed by atoms with van der Waals surface area (Å²) in [5, 5.41) is 20.4. The maximum absolute atomic E-state index is 9.23. The smallest absolute Gasteiger partial charge is 0.218 e. The zero-order valence-electron chi connectivity index (χ0n) is 11.6. The minimum Gasteiger partial charge on any atom is -0.481 e. The van der Waals surface area contributed by atoms with E-state index in [1.807, 2.05) is 26.0 Å². The molecule has 0 amide bonds. The van der Waals surface area contributed by atoms with Gasteiger partial charge >= 0.3 is 0 Å². The maximum atomic E-state index is 9.23. The van der Waals surface area contributed by atoms with Gasteiger partial charge in [0.05, 0.1) is 12.8 Å². The number of pyridine rings is 1. The zero-order chi connectivity index (χ0) is 14.5. The van der Waals surface area contributed by atoms with Crippen LogP contribution in [0, 0.1) is 25.2 Å². The lowest BCUT2D eigenvalue weighted by atomic mass is 10.1. The van der Waals surface area contributed by atoms with Crippen molar-refractivity contribution in [3.8, 4) is 11.9 Å². The number of nitriles is 1. The molecule has 0 saturated carbocycles. The minimum atomic E-state index is 0.461. The molecule has 0 spiro atoms. The molecule has 0 aliphatic carbocycles. The van der Waals surface area contributed by atoms with Crippen molar-refractivity contribution >= 4 is 5.82 Å². The average molecular weight is 269 g/mol. The Morgan fingerprint density at radius 2 is 2.15 bits per heavy atom. The number of methoxy groups -OCH3 is 1. The fourth-order valence-corrected chi connectivity index (χ4v) is 1.79. The molecule has 0 unspecified atom stereocenters. The Morgan fingerprint density at radius 1 is 1.35 bits per heavy atom. The van der Waals surface area contributed by atoms with Gasteiger partial charge in [-0.2, -0.15) is 10.4 Å². The predicted molar refractivity (Wildman–Crippen MR) is 74.3 cm³/mol. The van der Waals surface area contributed by atoms with Crippen LogP contribution in [0.2, 0.25) is 0 Å². The van der Waals surface area contributed by atoms with Crippen molar-refractivity contribution < 1.29 is 4.74 Å². The van der Waals surface area contributed by atoms with Crippen LogP contribution in [0.5, 0.6) is 5.88 Å². The Bertz CT molecular complexity index is 663. The summed E-state index contributed by atoms with van der Waals surface area (Å²) in [5.41, 5.74) is 2.99. The van der Waals surface area contributed by atoms with Crippen molar-refractivity contribution in [3.63, 3.8) is 0 Å². The summed E-state index contributed by atoms with van der Waals surface area (Å²) in [6.07, 6.45) is 1.67. The lowest BCUT2D eigenvalue weighted by molar-refractivity contribution is 0.393. The topological polar surface area (TPSA) is 83.7 Å². The molecule has 0 aliphatic heterocycles. The predicted octanol–water partition coefficient (Wildman–Crippen LogP) is 1.98. The molecule has 2 rings (SSSR count). The van der Waals surface area contributed by atoms with E-state index in [0.717, 1.165) is 16.8 Å². The number of aromatic nitrogens is 3. The fraction of sp³-hybridized carbons (Fsp3) is 0.286. The Balaban J connectivity index is 2.24. The van der Waals surface area contributed by atoms with E-state index in [0.29, 0.717) is 23.8 Å². The van der Waals surface area contributed by atoms with Gasteiger partial charge in [0.25, 0.3) is 0 Å². The first kappa shape index (κ1) is 13.7. The van der Waals surface area contributed by atoms with E-state index < -0.39 is 0 Å². The lowest BCUT2D eigenvalue weighted by Gasteiger charge is -2.11. The number of hydrogen-bond donors (Lipinski definition) is 1. The highest BCUT2D eigenvalue weighted by atomic mass is 16.5. The van der Waals surface area contributed by atoms with Crippen LogP contribution in [0.1, 0.15) is 22.4 Å². The van der Waals surface area contributed by atoms with Crippen molar-refractivity contribution in [3.05, 3.63) is 40.7 Å². The number of aryl methyl sites for hydroxylation is 1. The highest BCUT2D eigenvalue weighted by molar-refractivity contribution is 5.56. The molecule has 0 aromatic carbocycles. The maximum Gasteiger partial charge on any atom is 0.218 e. The Kier molecular flexibility index (Phi) is 4.11. The van der Waals surface area contributed by atoms with Crippen LogP contribution in [0.15, 0.2) is 18.3 Å². The lowest BCUT2D eigenvalue weighted by Crippen LogP contribution is -2.08. The highest BCUT2D eigenvalue weighted by Crippen LogP contribution is 2.19. The molecule has 0 atom stereocenters. The number of nitrogens with zero attached hydrogens (tertiary/aromatic N) is 4. The summed E-state index contributed by atoms with van der Waals surface area (Å²) in [5.74, 6) is 1.02. The van der Waals surface area contributed by atoms with E-state index in [9.17, 15) is 5.26 Å². The van der Waals surface area contributed by atoms with E-state index in [-0.39, 0.29) is 0 Å². The molecule has 0 radical (unpaired) electrons. The van der Waals surface area contributed by atoms with Crippen molar-refractivity contribution in [1.82, 2.24) is 15.2 Å². The third kappa shape index (κ3) is 2.67. The second-order valence-corrected chi connectivity index (χ2v) is 4.27. The van der Waals surface area contributed by atoms with Crippen molar-refractivity contribution in [2.24, 2.45) is 0 Å². The van der Waals surface area contributed by atoms with Crippen LogP contribution in [0.25, 0.3) is 0 Å². The third-order valence-electron chi connectivity index (χ3n) is 3.06. The Hall–Kier alpha value is -2.68. The van der Waals surface area contributed by atoms with Gasteiger partial charge in [-0.15, -0.1) is 5.10 Å². The number of nitrogens with one attached hydrogen (secondary N) is 1. The van der Waals surface area contributed by atoms with E-state index in [4.69, 9.17) is 4.74 Å². The van der Waals surface area contributed by atoms with E-state index in [1.165, 1.54) is 0 Å². The van der Waals surface area contributed by atoms with Crippen molar-refractivity contribution in [1.29, 1.82) is 5.26 Å². The van der Waals surface area contributed by atoms with Gasteiger partial charge in [0.2, 0.25) is 5.88 Å². The second kappa shape index (κ2) is 5.97. The largest absolute Gasteiger partial charge is 0.481 e. The SMILES string of the molecule is COc1ncccc1CNc1nnc(C)c(C)c1C#N. The average Bonchev–Trinajstić information content (AvgIpc) is 2.48. The monoisotopic (exact) mass is 269 g/mol. The van der Waals surface area contributed by atoms with Gasteiger partial charge in [0.15, 0.2) is 5.82 Å². The van der Waals surface area contributed by atoms with Gasteiger partial charge in [0, 0.05) is 18.3 Å². The van der Waals surface area contributed by atoms with Crippen molar-refractivity contribution in [2.45, 2.75) is 20.4 Å². The number of rotatable bonds is 4. The van der Waals surface area contributed by atoms with E-state index in [2.05, 4.69) is 26.6 Å². The van der Waals surface area contributed by atoms with Crippen LogP contribution in [-0.4, -0.2) is 22.3 Å². The van der Waals surface area contributed by atoms with E-state index in [1.54, 1.807) is 13.3 Å². The normalized spacial score (nSPS) is 9.90. The van der Waals surface area contributed by atoms with Gasteiger partial charge in [-0.05, 0) is 25.5 Å². The van der Waals surface area contributed by atoms with Gasteiger partial charge in [0.1, 0.15) is 11.6 Å². The zero-order valence-corrected chi connectivity index (χ0v) is 11.6. The third-order valence-corrected chi connectivity index (χ3v) is 3.06. The standard InChI is InChI=1S/C14H15N5O/c1-9-10(2)18-19-13(12(9)7-15)17-8-11-5-4-6-16-14(11)20-3/h4-6H,8H2,1-3H3,(H,17,19). The molecule has 20 heavy (non-hydrogen) atoms. The fourth-order valence-electron chi connectivity index (χ4n) is 1.79. The van der Waals surface area contributed by atoms with E-state index >= 15 is 0 Å². The van der Waals surface area contributed by atoms with Gasteiger partial charge in [-0.1, -0.05) is 6.07 Å². The highest BCUT2D eigenvalue weighted by Gasteiger charge is 2.11. The molecule has 102 valence electrons. The Morgan fingerprint density at radius 3 is 2.85 bits per heavy atom. The summed E-state index contributed by atoms with van der Waals surface area (Å²) in [4.78, 5) is 4.12. The number of ether oxygens (including phenoxy) is 1. The molecule has 0 aliphatic rings. The van der Waals surface area contributed by atoms with Crippen LogP contribution >= 0.6 is 0 Å². The summed E-state index contributed by atoms with van der Waals surface area (Å²) in [7, 11) is 1.57. The summed E-state index contributed by atoms with van der Waals surface area (Å²) in [6, 6.07) is 5.89. The number of anilines is 1. The van der Waals surface area contributed by atoms with Crippen LogP contribution in [0.3, 0.4) is 0 Å². The van der Waals surface area contributed by atoms with Gasteiger partial charge in [-0.25, -0.2) is 4.98 Å². The van der Waals surface area contributed by atoms with Crippen LogP contribution in [0.4, 0.5) is 5.82 Å². The first-order valence-corrected chi connectivity index (χ1v) is 6.13. The first-order chi connectivity index (χ1) is 9.67. The number of hydrogen-bond acceptors (Lipinski definition) is 6. The molecule has 0 saturated heterocycles. The summed E-state index contributed by atoms with van der Waals surface area (Å²) in [6.45, 7) is 4.15. The van der Waals surface area contributed by atoms with Gasteiger partial charge in [-0.3, -0.25) is 0 Å². The molecular formula is C14H15N5O.